The molecule has 2 atom stereocenters. The number of amides is 1. The molecule has 3 N–H and O–H groups in total. The number of carbonyl (C=O) groups excluding carboxylic acids is 1. The van der Waals surface area contributed by atoms with Crippen molar-refractivity contribution >= 4 is 22.7 Å². The number of hydrogen-bond donors (Lipinski definition) is 3. The van der Waals surface area contributed by atoms with Gasteiger partial charge in [0.25, 0.3) is 5.91 Å². The third-order valence-corrected chi connectivity index (χ3v) is 8.30. The Morgan fingerprint density at radius 1 is 1.16 bits per heavy atom. The molecule has 4 heterocycles. The second-order valence-electron chi connectivity index (χ2n) is 11.1. The highest BCUT2D eigenvalue weighted by Gasteiger charge is 2.26. The number of benzene rings is 2. The minimum Gasteiger partial charge on any atom is -0.496 e. The molecule has 0 spiro atoms. The fourth-order valence-electron chi connectivity index (χ4n) is 5.81. The van der Waals surface area contributed by atoms with Gasteiger partial charge in [-0.2, -0.15) is 5.26 Å². The molecule has 2 aromatic heterocycles. The van der Waals surface area contributed by atoms with E-state index in [4.69, 9.17) is 13.9 Å². The highest BCUT2D eigenvalue weighted by molar-refractivity contribution is 5.96. The number of nitrogens with one attached hydrogen (secondary N) is 3. The molecule has 44 heavy (non-hydrogen) atoms. The molecule has 11 heteroatoms. The van der Waals surface area contributed by atoms with E-state index in [2.05, 4.69) is 27.0 Å². The summed E-state index contributed by atoms with van der Waals surface area (Å²) in [5.74, 6) is -0.225. The number of carbonyl (C=O) groups is 1. The van der Waals surface area contributed by atoms with Gasteiger partial charge in [-0.25, -0.2) is 8.78 Å². The van der Waals surface area contributed by atoms with Crippen LogP contribution in [0.5, 0.6) is 5.75 Å². The summed E-state index contributed by atoms with van der Waals surface area (Å²) in [4.78, 5) is 17.3. The summed E-state index contributed by atoms with van der Waals surface area (Å²) in [7, 11) is 1.50. The standard InChI is InChI=1S/C33H33F2N5O4/c1-42-29-14-19(33(41)39-17-20-4-8-37-18-27(20)35)2-3-25(29)30-15-28-32(44-30)24(5-9-38-28)21-12-22(16-36)31(26(34)13-21)40-23-6-10-43-11-7-23/h2-3,5,9,12-15,20,23,27,37,40H,4,6-8,10-11,17-18H2,1H3,(H,39,41)/t20-,27-/m0/s1. The van der Waals surface area contributed by atoms with Gasteiger partial charge in [-0.1, -0.05) is 0 Å². The van der Waals surface area contributed by atoms with E-state index in [1.54, 1.807) is 42.6 Å². The molecule has 0 saturated carbocycles. The van der Waals surface area contributed by atoms with Gasteiger partial charge in [-0.15, -0.1) is 0 Å². The predicted octanol–water partition coefficient (Wildman–Crippen LogP) is 5.45. The second kappa shape index (κ2) is 13.0. The van der Waals surface area contributed by atoms with E-state index < -0.39 is 12.0 Å². The topological polar surface area (TPSA) is 121 Å². The molecule has 2 saturated heterocycles. The fraction of sp³-hybridized carbons (Fsp3) is 0.364. The van der Waals surface area contributed by atoms with Crippen LogP contribution < -0.4 is 20.7 Å². The number of anilines is 1. The maximum Gasteiger partial charge on any atom is 0.251 e. The number of rotatable bonds is 8. The van der Waals surface area contributed by atoms with Crippen LogP contribution in [0, 0.1) is 23.1 Å². The van der Waals surface area contributed by atoms with Crippen LogP contribution in [0.1, 0.15) is 35.2 Å². The Balaban J connectivity index is 1.27. The first-order valence-corrected chi connectivity index (χ1v) is 14.7. The quantitative estimate of drug-likeness (QED) is 0.244. The number of aromatic nitrogens is 1. The zero-order valence-electron chi connectivity index (χ0n) is 24.3. The number of fused-ring (bicyclic) bond motifs is 1. The lowest BCUT2D eigenvalue weighted by Gasteiger charge is -2.26. The summed E-state index contributed by atoms with van der Waals surface area (Å²) in [6, 6.07) is 13.6. The van der Waals surface area contributed by atoms with Gasteiger partial charge >= 0.3 is 0 Å². The van der Waals surface area contributed by atoms with Crippen LogP contribution in [0.15, 0.2) is 53.1 Å². The van der Waals surface area contributed by atoms with Gasteiger partial charge in [0.05, 0.1) is 23.9 Å². The van der Waals surface area contributed by atoms with Crippen LogP contribution in [0.4, 0.5) is 14.5 Å². The molecule has 4 aromatic rings. The summed E-state index contributed by atoms with van der Waals surface area (Å²) in [6.07, 6.45) is 2.73. The number of piperidine rings is 1. The Labute approximate surface area is 253 Å². The largest absolute Gasteiger partial charge is 0.496 e. The third kappa shape index (κ3) is 6.09. The fourth-order valence-corrected chi connectivity index (χ4v) is 5.81. The molecule has 0 bridgehead atoms. The van der Waals surface area contributed by atoms with E-state index in [0.29, 0.717) is 71.0 Å². The number of nitriles is 1. The number of nitrogens with zero attached hydrogens (tertiary/aromatic N) is 2. The smallest absolute Gasteiger partial charge is 0.251 e. The summed E-state index contributed by atoms with van der Waals surface area (Å²) in [5.41, 5.74) is 3.36. The normalized spacial score (nSPS) is 19.0. The van der Waals surface area contributed by atoms with E-state index in [1.807, 2.05) is 0 Å². The molecule has 0 unspecified atom stereocenters. The van der Waals surface area contributed by atoms with Crippen LogP contribution in [0.2, 0.25) is 0 Å². The van der Waals surface area contributed by atoms with Crippen molar-refractivity contribution in [1.82, 2.24) is 15.6 Å². The van der Waals surface area contributed by atoms with Crippen molar-refractivity contribution in [3.05, 3.63) is 65.6 Å². The molecule has 2 aromatic carbocycles. The highest BCUT2D eigenvalue weighted by Crippen LogP contribution is 2.39. The molecule has 0 aliphatic carbocycles. The lowest BCUT2D eigenvalue weighted by Crippen LogP contribution is -2.43. The summed E-state index contributed by atoms with van der Waals surface area (Å²) >= 11 is 0. The number of hydrogen-bond acceptors (Lipinski definition) is 8. The monoisotopic (exact) mass is 601 g/mol. The van der Waals surface area contributed by atoms with E-state index in [1.165, 1.54) is 13.2 Å². The number of ether oxygens (including phenoxy) is 2. The van der Waals surface area contributed by atoms with E-state index in [0.717, 1.165) is 19.4 Å². The van der Waals surface area contributed by atoms with Crippen molar-refractivity contribution in [2.24, 2.45) is 5.92 Å². The molecule has 1 amide bonds. The lowest BCUT2D eigenvalue weighted by atomic mass is 9.96. The molecule has 6 rings (SSSR count). The van der Waals surface area contributed by atoms with Gasteiger partial charge in [-0.3, -0.25) is 9.78 Å². The molecular formula is C33H33F2N5O4. The summed E-state index contributed by atoms with van der Waals surface area (Å²) in [6.45, 7) is 2.46. The van der Waals surface area contributed by atoms with Crippen LogP contribution in [0.25, 0.3) is 33.6 Å². The van der Waals surface area contributed by atoms with E-state index in [9.17, 15) is 14.4 Å². The average molecular weight is 602 g/mol. The number of methoxy groups -OCH3 is 1. The maximum absolute atomic E-state index is 15.4. The lowest BCUT2D eigenvalue weighted by molar-refractivity contribution is 0.0903. The van der Waals surface area contributed by atoms with Crippen molar-refractivity contribution in [2.75, 3.05) is 45.3 Å². The van der Waals surface area contributed by atoms with Crippen molar-refractivity contribution in [1.29, 1.82) is 5.26 Å². The predicted molar refractivity (Wildman–Crippen MR) is 162 cm³/mol. The minimum atomic E-state index is -0.998. The Hall–Kier alpha value is -4.53. The van der Waals surface area contributed by atoms with Gasteiger partial charge < -0.3 is 29.8 Å². The Kier molecular flexibility index (Phi) is 8.72. The Morgan fingerprint density at radius 2 is 2.00 bits per heavy atom. The zero-order chi connectivity index (χ0) is 30.6. The maximum atomic E-state index is 15.4. The first-order chi connectivity index (χ1) is 21.4. The Bertz CT molecular complexity index is 1710. The van der Waals surface area contributed by atoms with Gasteiger partial charge in [0, 0.05) is 61.7 Å². The molecule has 228 valence electrons. The molecular weight excluding hydrogens is 568 g/mol. The average Bonchev–Trinajstić information content (AvgIpc) is 3.49. The van der Waals surface area contributed by atoms with Gasteiger partial charge in [0.2, 0.25) is 0 Å². The van der Waals surface area contributed by atoms with Gasteiger partial charge in [-0.05, 0) is 67.8 Å². The molecule has 2 fully saturated rings. The van der Waals surface area contributed by atoms with Crippen LogP contribution in [-0.4, -0.2) is 63.1 Å². The number of alkyl halides is 1. The summed E-state index contributed by atoms with van der Waals surface area (Å²) < 4.78 is 46.8. The third-order valence-electron chi connectivity index (χ3n) is 8.30. The first-order valence-electron chi connectivity index (χ1n) is 14.7. The van der Waals surface area contributed by atoms with Crippen LogP contribution >= 0.6 is 0 Å². The van der Waals surface area contributed by atoms with Gasteiger partial charge in [0.15, 0.2) is 5.58 Å². The number of halogens is 2. The van der Waals surface area contributed by atoms with Crippen molar-refractivity contribution in [3.63, 3.8) is 0 Å². The van der Waals surface area contributed by atoms with Crippen molar-refractivity contribution in [2.45, 2.75) is 31.5 Å². The molecule has 2 aliphatic rings. The first kappa shape index (κ1) is 29.5. The van der Waals surface area contributed by atoms with Crippen LogP contribution in [0.3, 0.4) is 0 Å². The highest BCUT2D eigenvalue weighted by atomic mass is 19.1. The zero-order valence-corrected chi connectivity index (χ0v) is 24.3. The molecule has 9 nitrogen and oxygen atoms in total. The van der Waals surface area contributed by atoms with E-state index >= 15 is 4.39 Å². The Morgan fingerprint density at radius 3 is 2.77 bits per heavy atom. The SMILES string of the molecule is COc1cc(C(=O)NC[C@@H]2CCNC[C@@H]2F)ccc1-c1cc2nccc(-c3cc(F)c(NC4CCOCC4)c(C#N)c3)c2o1. The molecule has 0 radical (unpaired) electrons. The van der Waals surface area contributed by atoms with Crippen LogP contribution in [-0.2, 0) is 4.74 Å². The van der Waals surface area contributed by atoms with E-state index in [-0.39, 0.29) is 35.7 Å². The van der Waals surface area contributed by atoms with Gasteiger partial charge in [0.1, 0.15) is 35.1 Å². The summed E-state index contributed by atoms with van der Waals surface area (Å²) in [5, 5.41) is 18.9. The molecule has 2 aliphatic heterocycles. The van der Waals surface area contributed by atoms with Crippen molar-refractivity contribution < 1.29 is 27.5 Å². The second-order valence-corrected chi connectivity index (χ2v) is 11.1. The number of furan rings is 1. The number of pyridine rings is 1. The minimum absolute atomic E-state index is 0.0286. The van der Waals surface area contributed by atoms with Crippen molar-refractivity contribution in [3.8, 4) is 34.3 Å².